The molecule has 0 saturated carbocycles. The van der Waals surface area contributed by atoms with Crippen molar-refractivity contribution in [3.05, 3.63) is 18.7 Å². The Labute approximate surface area is 66.9 Å². The molecule has 0 atom stereocenters. The Balaban J connectivity index is 0.000001000. The Bertz CT molecular complexity index is 246. The molecule has 0 aromatic carbocycles. The van der Waals surface area contributed by atoms with E-state index < -0.39 is 0 Å². The Morgan fingerprint density at radius 2 is 2.27 bits per heavy atom. The van der Waals surface area contributed by atoms with Crippen LogP contribution < -0.4 is 9.40 Å². The molecule has 0 bridgehead atoms. The van der Waals surface area contributed by atoms with Gasteiger partial charge in [-0.15, -0.1) is 0 Å². The van der Waals surface area contributed by atoms with Crippen LogP contribution in [-0.4, -0.2) is 19.1 Å². The third kappa shape index (κ3) is 2.88. The highest BCUT2D eigenvalue weighted by Gasteiger charge is 2.02. The van der Waals surface area contributed by atoms with E-state index >= 15 is 0 Å². The summed E-state index contributed by atoms with van der Waals surface area (Å²) in [5.74, 6) is -0.323. The molecular weight excluding hydrogens is 143 g/mol. The van der Waals surface area contributed by atoms with Gasteiger partial charge >= 0.3 is 5.97 Å². The highest BCUT2D eigenvalue weighted by atomic mass is 16.7. The van der Waals surface area contributed by atoms with Crippen molar-refractivity contribution in [1.29, 1.82) is 0 Å². The molecule has 0 saturated heterocycles. The first-order valence-corrected chi connectivity index (χ1v) is 2.90. The van der Waals surface area contributed by atoms with Gasteiger partial charge in [-0.2, -0.15) is 0 Å². The van der Waals surface area contributed by atoms with E-state index in [0.29, 0.717) is 0 Å². The second-order valence-corrected chi connectivity index (χ2v) is 2.02. The van der Waals surface area contributed by atoms with E-state index in [2.05, 4.69) is 0 Å². The molecule has 62 valence electrons. The summed E-state index contributed by atoms with van der Waals surface area (Å²) in [7, 11) is 1.85. The Morgan fingerprint density at radius 3 is 2.64 bits per heavy atom. The number of hydrogen-bond donors (Lipinski definition) is 0. The second kappa shape index (κ2) is 3.80. The lowest BCUT2D eigenvalue weighted by molar-refractivity contribution is -0.671. The predicted molar refractivity (Wildman–Crippen MR) is 44.2 cm³/mol. The lowest BCUT2D eigenvalue weighted by atomic mass is 10.8. The Morgan fingerprint density at radius 1 is 1.64 bits per heavy atom. The van der Waals surface area contributed by atoms with Crippen molar-refractivity contribution in [3.8, 4) is 0 Å². The number of nitrogens with zero attached hydrogens (tertiary/aromatic N) is 2. The molecule has 1 heterocycles. The number of carbonyl (C=O) groups is 1. The molecule has 0 fully saturated rings. The molecule has 4 nitrogen and oxygen atoms in total. The van der Waals surface area contributed by atoms with Crippen molar-refractivity contribution in [3.63, 3.8) is 0 Å². The maximum absolute atomic E-state index is 10.4. The van der Waals surface area contributed by atoms with Crippen molar-refractivity contribution in [1.82, 2.24) is 4.73 Å². The standard InChI is InChI=1S/C6H9N2O2.BH4/c1-6(9)10-8-4-3-7(2)5-8;/h3-5H,1-2H3;1H4/q+1;-1. The average molecular weight is 156 g/mol. The SMILES string of the molecule is CC(=O)On1cc[n+](C)c1.[BH4-]. The van der Waals surface area contributed by atoms with Gasteiger partial charge in [0.1, 0.15) is 6.20 Å². The van der Waals surface area contributed by atoms with Crippen LogP contribution in [0.5, 0.6) is 0 Å². The fourth-order valence-corrected chi connectivity index (χ4v) is 0.630. The third-order valence-corrected chi connectivity index (χ3v) is 0.979. The molecule has 11 heavy (non-hydrogen) atoms. The quantitative estimate of drug-likeness (QED) is 0.342. The summed E-state index contributed by atoms with van der Waals surface area (Å²) >= 11 is 0. The molecule has 0 aliphatic rings. The van der Waals surface area contributed by atoms with E-state index in [1.807, 2.05) is 7.05 Å². The molecule has 0 spiro atoms. The zero-order chi connectivity index (χ0) is 7.56. The van der Waals surface area contributed by atoms with Crippen molar-refractivity contribution >= 4 is 14.4 Å². The monoisotopic (exact) mass is 156 g/mol. The molecule has 0 radical (unpaired) electrons. The highest BCUT2D eigenvalue weighted by Crippen LogP contribution is 1.77. The largest absolute Gasteiger partial charge is 0.354 e. The smallest absolute Gasteiger partial charge is 0.258 e. The minimum Gasteiger partial charge on any atom is -0.258 e. The molecule has 1 aromatic heterocycles. The fraction of sp³-hybridized carbons (Fsp3) is 0.333. The van der Waals surface area contributed by atoms with Crippen LogP contribution in [0.25, 0.3) is 0 Å². The van der Waals surface area contributed by atoms with Crippen LogP contribution in [0.15, 0.2) is 18.7 Å². The first kappa shape index (κ1) is 9.74. The van der Waals surface area contributed by atoms with Crippen molar-refractivity contribution in [2.45, 2.75) is 6.92 Å². The third-order valence-electron chi connectivity index (χ3n) is 0.979. The Kier molecular flexibility index (Phi) is 3.37. The first-order valence-electron chi connectivity index (χ1n) is 2.90. The van der Waals surface area contributed by atoms with Gasteiger partial charge in [-0.1, -0.05) is 8.41 Å². The highest BCUT2D eigenvalue weighted by molar-refractivity contribution is 5.75. The summed E-state index contributed by atoms with van der Waals surface area (Å²) in [5, 5.41) is 0. The van der Waals surface area contributed by atoms with E-state index in [1.54, 1.807) is 23.3 Å². The summed E-state index contributed by atoms with van der Waals surface area (Å²) in [5.41, 5.74) is 0. The number of imidazole rings is 1. The molecule has 5 heteroatoms. The van der Waals surface area contributed by atoms with Gasteiger partial charge in [0.05, 0.1) is 7.05 Å². The minimum atomic E-state index is -0.323. The zero-order valence-corrected chi connectivity index (χ0v) is 5.94. The van der Waals surface area contributed by atoms with Crippen LogP contribution in [-0.2, 0) is 11.8 Å². The van der Waals surface area contributed by atoms with Crippen molar-refractivity contribution in [2.75, 3.05) is 0 Å². The lowest BCUT2D eigenvalue weighted by Gasteiger charge is -1.88. The van der Waals surface area contributed by atoms with Gasteiger partial charge in [-0.3, -0.25) is 4.84 Å². The van der Waals surface area contributed by atoms with E-state index in [1.165, 1.54) is 11.7 Å². The zero-order valence-electron chi connectivity index (χ0n) is 5.94. The van der Waals surface area contributed by atoms with Gasteiger partial charge in [0.25, 0.3) is 6.33 Å². The summed E-state index contributed by atoms with van der Waals surface area (Å²) in [6.45, 7) is 1.36. The number of hydrogen-bond acceptors (Lipinski definition) is 2. The minimum absolute atomic E-state index is 0. The maximum Gasteiger partial charge on any atom is 0.354 e. The number of aromatic nitrogens is 2. The van der Waals surface area contributed by atoms with Crippen molar-refractivity contribution < 1.29 is 14.2 Å². The number of rotatable bonds is 1. The van der Waals surface area contributed by atoms with Crippen LogP contribution >= 0.6 is 0 Å². The second-order valence-electron chi connectivity index (χ2n) is 2.02. The normalized spacial score (nSPS) is 8.55. The van der Waals surface area contributed by atoms with Gasteiger partial charge in [0, 0.05) is 6.92 Å². The molecule has 0 amide bonds. The fourth-order valence-electron chi connectivity index (χ4n) is 0.630. The summed E-state index contributed by atoms with van der Waals surface area (Å²) in [4.78, 5) is 15.1. The molecule has 1 rings (SSSR count). The molecule has 0 aliphatic carbocycles. The molecule has 0 unspecified atom stereocenters. The van der Waals surface area contributed by atoms with E-state index in [9.17, 15) is 4.79 Å². The molecule has 0 N–H and O–H groups in total. The van der Waals surface area contributed by atoms with Gasteiger partial charge in [-0.05, 0) is 4.73 Å². The lowest BCUT2D eigenvalue weighted by Crippen LogP contribution is -2.25. The molecular formula is C6H13BN2O2. The summed E-state index contributed by atoms with van der Waals surface area (Å²) < 4.78 is 3.13. The van der Waals surface area contributed by atoms with Gasteiger partial charge in [0.2, 0.25) is 0 Å². The van der Waals surface area contributed by atoms with Crippen LogP contribution in [0, 0.1) is 0 Å². The maximum atomic E-state index is 10.4. The number of carbonyl (C=O) groups excluding carboxylic acids is 1. The van der Waals surface area contributed by atoms with Crippen LogP contribution in [0.4, 0.5) is 0 Å². The van der Waals surface area contributed by atoms with E-state index in [-0.39, 0.29) is 14.4 Å². The van der Waals surface area contributed by atoms with Gasteiger partial charge in [-0.25, -0.2) is 9.36 Å². The first-order chi connectivity index (χ1) is 4.68. The Hall–Kier alpha value is -1.26. The van der Waals surface area contributed by atoms with Gasteiger partial charge in [0.15, 0.2) is 6.20 Å². The summed E-state index contributed by atoms with van der Waals surface area (Å²) in [6, 6.07) is 0. The molecule has 0 aliphatic heterocycles. The van der Waals surface area contributed by atoms with Crippen LogP contribution in [0.1, 0.15) is 6.92 Å². The van der Waals surface area contributed by atoms with Crippen LogP contribution in [0.3, 0.4) is 0 Å². The van der Waals surface area contributed by atoms with E-state index in [0.717, 1.165) is 0 Å². The van der Waals surface area contributed by atoms with Gasteiger partial charge < -0.3 is 0 Å². The van der Waals surface area contributed by atoms with Crippen LogP contribution in [0.2, 0.25) is 0 Å². The topological polar surface area (TPSA) is 35.1 Å². The number of aryl methyl sites for hydroxylation is 1. The molecule has 1 aromatic rings. The van der Waals surface area contributed by atoms with E-state index in [4.69, 9.17) is 4.84 Å². The average Bonchev–Trinajstić information content (AvgIpc) is 2.13. The summed E-state index contributed by atoms with van der Waals surface area (Å²) in [6.07, 6.45) is 5.09. The predicted octanol–water partition coefficient (Wildman–Crippen LogP) is -2.16. The van der Waals surface area contributed by atoms with Crippen molar-refractivity contribution in [2.24, 2.45) is 7.05 Å².